The highest BCUT2D eigenvalue weighted by Gasteiger charge is 1.96. The van der Waals surface area contributed by atoms with Crippen LogP contribution in [0.2, 0.25) is 19.1 Å². The molecule has 0 N–H and O–H groups in total. The van der Waals surface area contributed by atoms with E-state index in [2.05, 4.69) is 30.2 Å². The first kappa shape index (κ1) is 8.46. The first-order valence-corrected chi connectivity index (χ1v) is 7.30. The Kier molecular flexibility index (Phi) is 3.30. The molecule has 0 fully saturated rings. The molecular weight excluding hydrogens is 150 g/mol. The summed E-state index contributed by atoms with van der Waals surface area (Å²) in [4.78, 5) is 3.98. The van der Waals surface area contributed by atoms with E-state index in [1.165, 1.54) is 18.0 Å². The first-order valence-electron chi connectivity index (χ1n) is 4.18. The Bertz CT molecular complexity index is 196. The van der Waals surface area contributed by atoms with Crippen LogP contribution in [0.3, 0.4) is 0 Å². The first-order chi connectivity index (χ1) is 5.29. The van der Waals surface area contributed by atoms with Crippen LogP contribution in [0.4, 0.5) is 0 Å². The van der Waals surface area contributed by atoms with Gasteiger partial charge in [-0.05, 0) is 24.1 Å². The maximum absolute atomic E-state index is 3.98. The Balaban J connectivity index is 2.39. The Hall–Kier alpha value is -0.633. The predicted molar refractivity (Wildman–Crippen MR) is 51.6 cm³/mol. The van der Waals surface area contributed by atoms with E-state index in [4.69, 9.17) is 0 Å². The maximum Gasteiger partial charge on any atom is 0.0308 e. The molecule has 60 valence electrons. The van der Waals surface area contributed by atoms with Gasteiger partial charge in [-0.25, -0.2) is 0 Å². The van der Waals surface area contributed by atoms with Crippen LogP contribution in [0.1, 0.15) is 5.56 Å². The molecule has 0 aromatic carbocycles. The molecule has 0 aliphatic rings. The molecule has 0 aliphatic carbocycles. The van der Waals surface area contributed by atoms with Gasteiger partial charge < -0.3 is 0 Å². The lowest BCUT2D eigenvalue weighted by Crippen LogP contribution is -2.00. The lowest BCUT2D eigenvalue weighted by molar-refractivity contribution is 1.10. The molecule has 11 heavy (non-hydrogen) atoms. The van der Waals surface area contributed by atoms with Gasteiger partial charge in [0.25, 0.3) is 0 Å². The van der Waals surface area contributed by atoms with E-state index in [1.807, 2.05) is 12.4 Å². The number of pyridine rings is 1. The molecule has 2 heteroatoms. The van der Waals surface area contributed by atoms with Gasteiger partial charge in [-0.2, -0.15) is 0 Å². The average molecular weight is 165 g/mol. The Labute approximate surface area is 70.1 Å². The molecule has 1 nitrogen and oxygen atoms in total. The van der Waals surface area contributed by atoms with Crippen molar-refractivity contribution in [3.05, 3.63) is 30.1 Å². The molecule has 1 aromatic rings. The van der Waals surface area contributed by atoms with Crippen molar-refractivity contribution in [2.75, 3.05) is 0 Å². The maximum atomic E-state index is 3.98. The molecule has 0 unspecified atom stereocenters. The van der Waals surface area contributed by atoms with Crippen molar-refractivity contribution in [3.63, 3.8) is 0 Å². The van der Waals surface area contributed by atoms with Crippen molar-refractivity contribution in [1.29, 1.82) is 0 Å². The fourth-order valence-electron chi connectivity index (χ4n) is 1.00. The summed E-state index contributed by atoms with van der Waals surface area (Å²) in [6, 6.07) is 5.62. The number of rotatable bonds is 3. The molecule has 1 rings (SSSR count). The monoisotopic (exact) mass is 165 g/mol. The fourth-order valence-corrected chi connectivity index (χ4v) is 1.92. The van der Waals surface area contributed by atoms with Crippen LogP contribution in [0.15, 0.2) is 24.5 Å². The highest BCUT2D eigenvalue weighted by atomic mass is 28.3. The van der Waals surface area contributed by atoms with Crippen LogP contribution >= 0.6 is 0 Å². The summed E-state index contributed by atoms with van der Waals surface area (Å²) in [5.74, 6) is 0. The molecule has 1 aromatic heterocycles. The van der Waals surface area contributed by atoms with Crippen molar-refractivity contribution in [3.8, 4) is 0 Å². The standard InChI is InChI=1S/C9H15NSi/c1-11(2)8-5-9-3-6-10-7-4-9/h3-4,6-7,11H,5,8H2,1-2H3. The summed E-state index contributed by atoms with van der Waals surface area (Å²) in [5, 5.41) is 0. The van der Waals surface area contributed by atoms with E-state index in [0.29, 0.717) is 0 Å². The largest absolute Gasteiger partial charge is 0.265 e. The van der Waals surface area contributed by atoms with Crippen LogP contribution in [0, 0.1) is 0 Å². The number of aryl methyl sites for hydroxylation is 1. The number of hydrogen-bond donors (Lipinski definition) is 0. The van der Waals surface area contributed by atoms with Crippen LogP contribution < -0.4 is 0 Å². The Morgan fingerprint density at radius 2 is 1.91 bits per heavy atom. The Morgan fingerprint density at radius 3 is 2.45 bits per heavy atom. The fraction of sp³-hybridized carbons (Fsp3) is 0.444. The van der Waals surface area contributed by atoms with Crippen molar-refractivity contribution < 1.29 is 0 Å². The minimum absolute atomic E-state index is 0.361. The second-order valence-electron chi connectivity index (χ2n) is 3.29. The van der Waals surface area contributed by atoms with Crippen LogP contribution in [-0.4, -0.2) is 13.8 Å². The van der Waals surface area contributed by atoms with Gasteiger partial charge in [0.15, 0.2) is 0 Å². The lowest BCUT2D eigenvalue weighted by Gasteiger charge is -2.01. The second kappa shape index (κ2) is 4.29. The van der Waals surface area contributed by atoms with E-state index < -0.39 is 0 Å². The van der Waals surface area contributed by atoms with Crippen molar-refractivity contribution >= 4 is 8.80 Å². The van der Waals surface area contributed by atoms with E-state index in [9.17, 15) is 0 Å². The molecular formula is C9H15NSi. The summed E-state index contributed by atoms with van der Waals surface area (Å²) in [6.45, 7) is 4.78. The zero-order valence-corrected chi connectivity index (χ0v) is 8.40. The molecule has 0 saturated heterocycles. The third-order valence-corrected chi connectivity index (χ3v) is 3.20. The van der Waals surface area contributed by atoms with Crippen LogP contribution in [-0.2, 0) is 6.42 Å². The zero-order chi connectivity index (χ0) is 8.10. The molecule has 0 bridgehead atoms. The van der Waals surface area contributed by atoms with Gasteiger partial charge in [0.05, 0.1) is 0 Å². The van der Waals surface area contributed by atoms with Crippen LogP contribution in [0.25, 0.3) is 0 Å². The number of aromatic nitrogens is 1. The third kappa shape index (κ3) is 3.32. The van der Waals surface area contributed by atoms with Gasteiger partial charge in [-0.3, -0.25) is 4.98 Å². The normalized spacial score (nSPS) is 10.5. The molecule has 0 aliphatic heterocycles. The van der Waals surface area contributed by atoms with E-state index >= 15 is 0 Å². The summed E-state index contributed by atoms with van der Waals surface area (Å²) >= 11 is 0. The quantitative estimate of drug-likeness (QED) is 0.625. The third-order valence-electron chi connectivity index (χ3n) is 1.76. The smallest absolute Gasteiger partial charge is 0.0308 e. The summed E-state index contributed by atoms with van der Waals surface area (Å²) in [6.07, 6.45) is 4.99. The summed E-state index contributed by atoms with van der Waals surface area (Å²) < 4.78 is 0. The number of hydrogen-bond acceptors (Lipinski definition) is 1. The lowest BCUT2D eigenvalue weighted by atomic mass is 10.2. The van der Waals surface area contributed by atoms with Gasteiger partial charge in [0, 0.05) is 21.2 Å². The molecule has 0 atom stereocenters. The van der Waals surface area contributed by atoms with Crippen molar-refractivity contribution in [2.45, 2.75) is 25.6 Å². The highest BCUT2D eigenvalue weighted by Crippen LogP contribution is 2.03. The molecule has 0 amide bonds. The second-order valence-corrected chi connectivity index (χ2v) is 6.65. The summed E-state index contributed by atoms with van der Waals surface area (Å²) in [7, 11) is -0.361. The van der Waals surface area contributed by atoms with Crippen LogP contribution in [0.5, 0.6) is 0 Å². The molecule has 0 saturated carbocycles. The molecule has 1 heterocycles. The van der Waals surface area contributed by atoms with E-state index in [0.717, 1.165) is 0 Å². The summed E-state index contributed by atoms with van der Waals surface area (Å²) in [5.41, 5.74) is 1.43. The zero-order valence-electron chi connectivity index (χ0n) is 7.25. The number of nitrogens with zero attached hydrogens (tertiary/aromatic N) is 1. The van der Waals surface area contributed by atoms with E-state index in [1.54, 1.807) is 0 Å². The molecule has 0 spiro atoms. The topological polar surface area (TPSA) is 12.9 Å². The average Bonchev–Trinajstić information content (AvgIpc) is 2.03. The van der Waals surface area contributed by atoms with Gasteiger partial charge in [0.1, 0.15) is 0 Å². The Morgan fingerprint density at radius 1 is 1.27 bits per heavy atom. The van der Waals surface area contributed by atoms with E-state index in [-0.39, 0.29) is 8.80 Å². The minimum Gasteiger partial charge on any atom is -0.265 e. The van der Waals surface area contributed by atoms with Gasteiger partial charge >= 0.3 is 0 Å². The predicted octanol–water partition coefficient (Wildman–Crippen LogP) is 2.11. The SMILES string of the molecule is C[SiH](C)CCc1ccncc1. The molecule has 0 radical (unpaired) electrons. The van der Waals surface area contributed by atoms with Gasteiger partial charge in [0.2, 0.25) is 0 Å². The van der Waals surface area contributed by atoms with Gasteiger partial charge in [-0.1, -0.05) is 19.1 Å². The van der Waals surface area contributed by atoms with Gasteiger partial charge in [-0.15, -0.1) is 0 Å². The van der Waals surface area contributed by atoms with Crippen molar-refractivity contribution in [2.24, 2.45) is 0 Å². The minimum atomic E-state index is -0.361. The highest BCUT2D eigenvalue weighted by molar-refractivity contribution is 6.55. The van der Waals surface area contributed by atoms with Crippen molar-refractivity contribution in [1.82, 2.24) is 4.98 Å².